The molecular formula is C25H30N4O4. The monoisotopic (exact) mass is 450 g/mol. The Kier molecular flexibility index (Phi) is 6.65. The smallest absolute Gasteiger partial charge is 0.339 e. The first-order valence-corrected chi connectivity index (χ1v) is 11.3. The third kappa shape index (κ3) is 4.43. The van der Waals surface area contributed by atoms with Crippen molar-refractivity contribution in [2.24, 2.45) is 0 Å². The summed E-state index contributed by atoms with van der Waals surface area (Å²) >= 11 is 0. The lowest BCUT2D eigenvalue weighted by molar-refractivity contribution is 0.0602. The van der Waals surface area contributed by atoms with Crippen molar-refractivity contribution >= 4 is 28.5 Å². The molecule has 1 aliphatic heterocycles. The van der Waals surface area contributed by atoms with Crippen molar-refractivity contribution in [1.82, 2.24) is 9.55 Å². The highest BCUT2D eigenvalue weighted by Gasteiger charge is 2.22. The van der Waals surface area contributed by atoms with Crippen LogP contribution in [0.1, 0.15) is 41.4 Å². The SMILES string of the molecule is CCn1c(N2CCOCC2)nc2c(C(C)Nc3ccccc3C(=O)OC)cc(C)cc2c1=O. The summed E-state index contributed by atoms with van der Waals surface area (Å²) in [5, 5.41) is 4.02. The standard InChI is InChI=1S/C25H30N4O4/c1-5-29-23(30)20-15-16(2)14-19(22(20)27-25(29)28-10-12-33-13-11-28)17(3)26-21-9-7-6-8-18(21)24(31)32-4/h6-9,14-15,17,26H,5,10-13H2,1-4H3. The van der Waals surface area contributed by atoms with Gasteiger partial charge in [-0.15, -0.1) is 0 Å². The molecular weight excluding hydrogens is 420 g/mol. The Morgan fingerprint density at radius 2 is 1.97 bits per heavy atom. The molecule has 1 unspecified atom stereocenters. The summed E-state index contributed by atoms with van der Waals surface area (Å²) in [6.45, 7) is 9.09. The lowest BCUT2D eigenvalue weighted by Crippen LogP contribution is -2.40. The van der Waals surface area contributed by atoms with Gasteiger partial charge in [-0.1, -0.05) is 18.2 Å². The number of carbonyl (C=O) groups excluding carboxylic acids is 1. The van der Waals surface area contributed by atoms with E-state index < -0.39 is 5.97 Å². The molecule has 3 aromatic rings. The molecule has 0 amide bonds. The van der Waals surface area contributed by atoms with Gasteiger partial charge in [-0.05, 0) is 44.5 Å². The van der Waals surface area contributed by atoms with Gasteiger partial charge in [0, 0.05) is 30.9 Å². The second kappa shape index (κ2) is 9.62. The fraction of sp³-hybridized carbons (Fsp3) is 0.400. The van der Waals surface area contributed by atoms with Gasteiger partial charge < -0.3 is 19.7 Å². The van der Waals surface area contributed by atoms with Crippen LogP contribution in [0.25, 0.3) is 10.9 Å². The summed E-state index contributed by atoms with van der Waals surface area (Å²) < 4.78 is 12.2. The summed E-state index contributed by atoms with van der Waals surface area (Å²) in [6, 6.07) is 11.0. The Bertz CT molecular complexity index is 1230. The number of ether oxygens (including phenoxy) is 2. The molecule has 1 aromatic heterocycles. The lowest BCUT2D eigenvalue weighted by Gasteiger charge is -2.30. The molecule has 33 heavy (non-hydrogen) atoms. The van der Waals surface area contributed by atoms with E-state index in [9.17, 15) is 9.59 Å². The number of nitrogens with one attached hydrogen (secondary N) is 1. The number of benzene rings is 2. The number of morpholine rings is 1. The molecule has 1 atom stereocenters. The summed E-state index contributed by atoms with van der Waals surface area (Å²) in [6.07, 6.45) is 0. The topological polar surface area (TPSA) is 85.7 Å². The van der Waals surface area contributed by atoms with E-state index in [0.29, 0.717) is 61.0 Å². The molecule has 0 radical (unpaired) electrons. The molecule has 174 valence electrons. The van der Waals surface area contributed by atoms with Crippen molar-refractivity contribution in [3.63, 3.8) is 0 Å². The number of esters is 1. The first-order chi connectivity index (χ1) is 15.9. The number of para-hydroxylation sites is 1. The Balaban J connectivity index is 1.83. The quantitative estimate of drug-likeness (QED) is 0.575. The van der Waals surface area contributed by atoms with E-state index in [1.165, 1.54) is 7.11 Å². The molecule has 0 spiro atoms. The van der Waals surface area contributed by atoms with Crippen molar-refractivity contribution < 1.29 is 14.3 Å². The molecule has 0 aliphatic carbocycles. The summed E-state index contributed by atoms with van der Waals surface area (Å²) in [5.41, 5.74) is 3.64. The van der Waals surface area contributed by atoms with Gasteiger partial charge in [0.15, 0.2) is 0 Å². The molecule has 4 rings (SSSR count). The number of aryl methyl sites for hydroxylation is 1. The molecule has 1 saturated heterocycles. The van der Waals surface area contributed by atoms with Crippen molar-refractivity contribution in [3.8, 4) is 0 Å². The zero-order valence-corrected chi connectivity index (χ0v) is 19.6. The molecule has 1 N–H and O–H groups in total. The normalized spacial score (nSPS) is 14.8. The first-order valence-electron chi connectivity index (χ1n) is 11.3. The van der Waals surface area contributed by atoms with Gasteiger partial charge in [0.25, 0.3) is 5.56 Å². The zero-order chi connectivity index (χ0) is 23.5. The largest absolute Gasteiger partial charge is 0.465 e. The Labute approximate surface area is 193 Å². The van der Waals surface area contributed by atoms with Crippen LogP contribution in [0, 0.1) is 6.92 Å². The minimum absolute atomic E-state index is 0.0453. The van der Waals surface area contributed by atoms with E-state index in [1.807, 2.05) is 45.0 Å². The lowest BCUT2D eigenvalue weighted by atomic mass is 10.0. The highest BCUT2D eigenvalue weighted by atomic mass is 16.5. The highest BCUT2D eigenvalue weighted by Crippen LogP contribution is 2.29. The third-order valence-electron chi connectivity index (χ3n) is 5.99. The van der Waals surface area contributed by atoms with Crippen LogP contribution < -0.4 is 15.8 Å². The van der Waals surface area contributed by atoms with Gasteiger partial charge in [-0.25, -0.2) is 9.78 Å². The van der Waals surface area contributed by atoms with Crippen LogP contribution >= 0.6 is 0 Å². The number of carbonyl (C=O) groups is 1. The second-order valence-electron chi connectivity index (χ2n) is 8.21. The molecule has 1 fully saturated rings. The Morgan fingerprint density at radius 3 is 2.67 bits per heavy atom. The average Bonchev–Trinajstić information content (AvgIpc) is 2.84. The van der Waals surface area contributed by atoms with E-state index in [1.54, 1.807) is 16.7 Å². The predicted octanol–water partition coefficient (Wildman–Crippen LogP) is 3.52. The number of nitrogens with zero attached hydrogens (tertiary/aromatic N) is 3. The van der Waals surface area contributed by atoms with Gasteiger partial charge >= 0.3 is 5.97 Å². The summed E-state index contributed by atoms with van der Waals surface area (Å²) in [4.78, 5) is 32.8. The number of aromatic nitrogens is 2. The van der Waals surface area contributed by atoms with Gasteiger partial charge in [-0.2, -0.15) is 0 Å². The number of hydrogen-bond acceptors (Lipinski definition) is 7. The highest BCUT2D eigenvalue weighted by molar-refractivity contribution is 5.95. The van der Waals surface area contributed by atoms with Crippen LogP contribution in [0.4, 0.5) is 11.6 Å². The summed E-state index contributed by atoms with van der Waals surface area (Å²) in [7, 11) is 1.37. The number of hydrogen-bond donors (Lipinski definition) is 1. The van der Waals surface area contributed by atoms with Gasteiger partial charge in [0.2, 0.25) is 5.95 Å². The maximum absolute atomic E-state index is 13.5. The summed E-state index contributed by atoms with van der Waals surface area (Å²) in [5.74, 6) is 0.267. The van der Waals surface area contributed by atoms with Crippen LogP contribution in [0.5, 0.6) is 0 Å². The van der Waals surface area contributed by atoms with Crippen molar-refractivity contribution in [2.75, 3.05) is 43.6 Å². The van der Waals surface area contributed by atoms with Crippen LogP contribution in [0.15, 0.2) is 41.2 Å². The fourth-order valence-corrected chi connectivity index (χ4v) is 4.32. The van der Waals surface area contributed by atoms with Crippen molar-refractivity contribution in [1.29, 1.82) is 0 Å². The van der Waals surface area contributed by atoms with Crippen LogP contribution in [-0.2, 0) is 16.0 Å². The molecule has 2 heterocycles. The van der Waals surface area contributed by atoms with Gasteiger partial charge in [-0.3, -0.25) is 9.36 Å². The van der Waals surface area contributed by atoms with E-state index in [0.717, 1.165) is 11.1 Å². The third-order valence-corrected chi connectivity index (χ3v) is 5.99. The zero-order valence-electron chi connectivity index (χ0n) is 19.6. The minimum Gasteiger partial charge on any atom is -0.465 e. The van der Waals surface area contributed by atoms with Crippen molar-refractivity contribution in [3.05, 3.63) is 63.4 Å². The van der Waals surface area contributed by atoms with Crippen LogP contribution in [0.3, 0.4) is 0 Å². The van der Waals surface area contributed by atoms with E-state index >= 15 is 0 Å². The molecule has 2 aromatic carbocycles. The predicted molar refractivity (Wildman–Crippen MR) is 129 cm³/mol. The van der Waals surface area contributed by atoms with E-state index in [2.05, 4.69) is 10.2 Å². The van der Waals surface area contributed by atoms with Crippen molar-refractivity contribution in [2.45, 2.75) is 33.4 Å². The molecule has 0 saturated carbocycles. The number of fused-ring (bicyclic) bond motifs is 1. The average molecular weight is 451 g/mol. The van der Waals surface area contributed by atoms with Crippen LogP contribution in [-0.4, -0.2) is 48.9 Å². The second-order valence-corrected chi connectivity index (χ2v) is 8.21. The maximum atomic E-state index is 13.5. The fourth-order valence-electron chi connectivity index (χ4n) is 4.32. The molecule has 1 aliphatic rings. The van der Waals surface area contributed by atoms with Gasteiger partial charge in [0.1, 0.15) is 0 Å². The Morgan fingerprint density at radius 1 is 1.24 bits per heavy atom. The Hall–Kier alpha value is -3.39. The molecule has 8 nitrogen and oxygen atoms in total. The van der Waals surface area contributed by atoms with Gasteiger partial charge in [0.05, 0.1) is 42.8 Å². The number of methoxy groups -OCH3 is 1. The number of anilines is 2. The molecule has 0 bridgehead atoms. The van der Waals surface area contributed by atoms with E-state index in [4.69, 9.17) is 14.5 Å². The van der Waals surface area contributed by atoms with E-state index in [-0.39, 0.29) is 11.6 Å². The molecule has 8 heteroatoms. The van der Waals surface area contributed by atoms with Crippen LogP contribution in [0.2, 0.25) is 0 Å². The number of rotatable bonds is 6. The minimum atomic E-state index is -0.405. The maximum Gasteiger partial charge on any atom is 0.339 e. The first kappa shape index (κ1) is 22.8.